The number of esters is 3. The lowest BCUT2D eigenvalue weighted by Crippen LogP contribution is -2.18. The third-order valence-electron chi connectivity index (χ3n) is 3.55. The van der Waals surface area contributed by atoms with Gasteiger partial charge in [-0.1, -0.05) is 18.2 Å². The number of hydrogen-bond donors (Lipinski definition) is 1. The van der Waals surface area contributed by atoms with Gasteiger partial charge in [-0.15, -0.1) is 0 Å². The van der Waals surface area contributed by atoms with Crippen LogP contribution in [-0.4, -0.2) is 48.4 Å². The van der Waals surface area contributed by atoms with E-state index in [0.29, 0.717) is 31.2 Å². The maximum atomic E-state index is 11.5. The number of ether oxygens (including phenoxy) is 3. The van der Waals surface area contributed by atoms with Crippen molar-refractivity contribution in [3.8, 4) is 0 Å². The minimum atomic E-state index is -0.386. The van der Waals surface area contributed by atoms with Crippen LogP contribution in [0.4, 0.5) is 0 Å². The topological polar surface area (TPSA) is 99.1 Å². The molecule has 1 N–H and O–H groups in total. The number of hydrogen-bond acceptors (Lipinski definition) is 7. The van der Waals surface area contributed by atoms with E-state index in [2.05, 4.69) is 4.74 Å². The fraction of sp³-hybridized carbons (Fsp3) is 0.471. The van der Waals surface area contributed by atoms with Crippen molar-refractivity contribution in [3.05, 3.63) is 35.9 Å². The largest absolute Gasteiger partial charge is 0.460 e. The molecule has 7 heteroatoms. The summed E-state index contributed by atoms with van der Waals surface area (Å²) in [6.07, 6.45) is 1.68. The molecule has 0 unspecified atom stereocenters. The summed E-state index contributed by atoms with van der Waals surface area (Å²) in [5.74, 6) is -0.798. The lowest BCUT2D eigenvalue weighted by atomic mass is 10.2. The summed E-state index contributed by atoms with van der Waals surface area (Å²) < 4.78 is 14.6. The molecule has 2 heterocycles. The van der Waals surface area contributed by atoms with Gasteiger partial charge in [0.05, 0.1) is 12.2 Å². The molecule has 2 aliphatic rings. The molecule has 0 aromatic heterocycles. The molecular formula is C17H20O7. The summed E-state index contributed by atoms with van der Waals surface area (Å²) in [7, 11) is 0. The normalized spacial score (nSPS) is 22.2. The van der Waals surface area contributed by atoms with E-state index in [1.54, 1.807) is 24.3 Å². The number of aliphatic hydroxyl groups is 1. The van der Waals surface area contributed by atoms with Gasteiger partial charge in [0.25, 0.3) is 0 Å². The fourth-order valence-electron chi connectivity index (χ4n) is 2.24. The monoisotopic (exact) mass is 336 g/mol. The van der Waals surface area contributed by atoms with E-state index in [-0.39, 0.29) is 43.3 Å². The second-order valence-corrected chi connectivity index (χ2v) is 5.45. The maximum absolute atomic E-state index is 11.5. The van der Waals surface area contributed by atoms with E-state index in [9.17, 15) is 14.4 Å². The van der Waals surface area contributed by atoms with Crippen LogP contribution in [0.1, 0.15) is 36.0 Å². The summed E-state index contributed by atoms with van der Waals surface area (Å²) in [5.41, 5.74) is 0.506. The third-order valence-corrected chi connectivity index (χ3v) is 3.55. The van der Waals surface area contributed by atoms with Crippen LogP contribution in [0.15, 0.2) is 30.3 Å². The van der Waals surface area contributed by atoms with Crippen molar-refractivity contribution in [2.24, 2.45) is 0 Å². The lowest BCUT2D eigenvalue weighted by Gasteiger charge is -2.09. The first-order valence-electron chi connectivity index (χ1n) is 7.80. The molecular weight excluding hydrogens is 316 g/mol. The Morgan fingerprint density at radius 1 is 1.04 bits per heavy atom. The minimum Gasteiger partial charge on any atom is -0.460 e. The van der Waals surface area contributed by atoms with Crippen molar-refractivity contribution < 1.29 is 33.7 Å². The molecule has 0 amide bonds. The van der Waals surface area contributed by atoms with Gasteiger partial charge in [-0.25, -0.2) is 4.79 Å². The van der Waals surface area contributed by atoms with Gasteiger partial charge in [-0.3, -0.25) is 9.59 Å². The van der Waals surface area contributed by atoms with Crippen LogP contribution in [-0.2, 0) is 23.8 Å². The number of carbonyl (C=O) groups excluding carboxylic acids is 3. The Hall–Kier alpha value is -2.41. The Bertz CT molecular complexity index is 570. The summed E-state index contributed by atoms with van der Waals surface area (Å²) in [5, 5.41) is 8.41. The van der Waals surface area contributed by atoms with Crippen LogP contribution in [0.2, 0.25) is 0 Å². The number of carbonyl (C=O) groups is 3. The van der Waals surface area contributed by atoms with Crippen LogP contribution in [0.3, 0.4) is 0 Å². The maximum Gasteiger partial charge on any atom is 0.338 e. The van der Waals surface area contributed by atoms with Crippen LogP contribution >= 0.6 is 0 Å². The first-order valence-corrected chi connectivity index (χ1v) is 7.80. The van der Waals surface area contributed by atoms with E-state index >= 15 is 0 Å². The highest BCUT2D eigenvalue weighted by Crippen LogP contribution is 2.14. The molecule has 0 radical (unpaired) electrons. The predicted octanol–water partition coefficient (Wildman–Crippen LogP) is 1.23. The molecule has 0 saturated carbocycles. The SMILES string of the molecule is O=C1CC[C@@H](CO)O1.O=C1CC[C@@H](COC(=O)c2ccccc2)O1. The molecule has 0 spiro atoms. The van der Waals surface area contributed by atoms with Crippen molar-refractivity contribution >= 4 is 17.9 Å². The van der Waals surface area contributed by atoms with Gasteiger partial charge >= 0.3 is 17.9 Å². The molecule has 7 nitrogen and oxygen atoms in total. The number of benzene rings is 1. The summed E-state index contributed by atoms with van der Waals surface area (Å²) in [6, 6.07) is 8.74. The molecule has 2 atom stereocenters. The van der Waals surface area contributed by atoms with Gasteiger partial charge in [0.2, 0.25) is 0 Å². The zero-order valence-corrected chi connectivity index (χ0v) is 13.2. The Morgan fingerprint density at radius 3 is 2.08 bits per heavy atom. The highest BCUT2D eigenvalue weighted by atomic mass is 16.6. The summed E-state index contributed by atoms with van der Waals surface area (Å²) in [4.78, 5) is 32.6. The lowest BCUT2D eigenvalue weighted by molar-refractivity contribution is -0.143. The predicted molar refractivity (Wildman–Crippen MR) is 82.0 cm³/mol. The zero-order valence-electron chi connectivity index (χ0n) is 13.2. The Kier molecular flexibility index (Phi) is 6.74. The van der Waals surface area contributed by atoms with E-state index in [4.69, 9.17) is 14.6 Å². The van der Waals surface area contributed by atoms with E-state index in [0.717, 1.165) is 0 Å². The molecule has 1 aromatic carbocycles. The van der Waals surface area contributed by atoms with Crippen LogP contribution in [0, 0.1) is 0 Å². The van der Waals surface area contributed by atoms with Crippen molar-refractivity contribution in [1.82, 2.24) is 0 Å². The Balaban J connectivity index is 0.000000219. The van der Waals surface area contributed by atoms with Gasteiger partial charge < -0.3 is 19.3 Å². The van der Waals surface area contributed by atoms with Gasteiger partial charge in [0.15, 0.2) is 0 Å². The van der Waals surface area contributed by atoms with Crippen molar-refractivity contribution in [3.63, 3.8) is 0 Å². The molecule has 24 heavy (non-hydrogen) atoms. The quantitative estimate of drug-likeness (QED) is 0.652. The Labute approximate surface area is 139 Å². The van der Waals surface area contributed by atoms with Crippen LogP contribution in [0.25, 0.3) is 0 Å². The molecule has 1 aromatic rings. The standard InChI is InChI=1S/C12H12O4.C5H8O3/c13-11-7-6-10(16-11)8-15-12(14)9-4-2-1-3-5-9;6-3-4-1-2-5(7)8-4/h1-5,10H,6-8H2;4,6H,1-3H2/t10-;4-/m00/s1. The average molecular weight is 336 g/mol. The summed E-state index contributed by atoms with van der Waals surface area (Å²) in [6.45, 7) is 0.102. The molecule has 0 aliphatic carbocycles. The smallest absolute Gasteiger partial charge is 0.338 e. The minimum absolute atomic E-state index is 0.0360. The van der Waals surface area contributed by atoms with E-state index in [1.165, 1.54) is 0 Å². The van der Waals surface area contributed by atoms with E-state index < -0.39 is 0 Å². The Morgan fingerprint density at radius 2 is 1.62 bits per heavy atom. The van der Waals surface area contributed by atoms with Crippen LogP contribution < -0.4 is 0 Å². The highest BCUT2D eigenvalue weighted by Gasteiger charge is 2.24. The first kappa shape index (κ1) is 17.9. The van der Waals surface area contributed by atoms with Gasteiger partial charge in [-0.2, -0.15) is 0 Å². The van der Waals surface area contributed by atoms with Gasteiger partial charge in [0.1, 0.15) is 18.8 Å². The molecule has 3 rings (SSSR count). The van der Waals surface area contributed by atoms with E-state index in [1.807, 2.05) is 6.07 Å². The third kappa shape index (κ3) is 5.66. The molecule has 2 aliphatic heterocycles. The number of rotatable bonds is 4. The molecule has 130 valence electrons. The van der Waals surface area contributed by atoms with Gasteiger partial charge in [-0.05, 0) is 25.0 Å². The number of cyclic esters (lactones) is 2. The molecule has 0 bridgehead atoms. The average Bonchev–Trinajstić information content (AvgIpc) is 3.22. The molecule has 2 saturated heterocycles. The number of aliphatic hydroxyl groups excluding tert-OH is 1. The molecule has 2 fully saturated rings. The fourth-order valence-corrected chi connectivity index (χ4v) is 2.24. The second-order valence-electron chi connectivity index (χ2n) is 5.45. The van der Waals surface area contributed by atoms with Crippen LogP contribution in [0.5, 0.6) is 0 Å². The second kappa shape index (κ2) is 9.02. The zero-order chi connectivity index (χ0) is 17.4. The highest BCUT2D eigenvalue weighted by molar-refractivity contribution is 5.89. The van der Waals surface area contributed by atoms with Gasteiger partial charge in [0, 0.05) is 12.8 Å². The summed E-state index contributed by atoms with van der Waals surface area (Å²) >= 11 is 0. The first-order chi connectivity index (χ1) is 11.6. The van der Waals surface area contributed by atoms with Crippen molar-refractivity contribution in [2.45, 2.75) is 37.9 Å². The van der Waals surface area contributed by atoms with Crippen molar-refractivity contribution in [1.29, 1.82) is 0 Å². The van der Waals surface area contributed by atoms with Crippen molar-refractivity contribution in [2.75, 3.05) is 13.2 Å².